The number of rotatable bonds is 5. The van der Waals surface area contributed by atoms with Gasteiger partial charge >= 0.3 is 5.97 Å². The predicted octanol–water partition coefficient (Wildman–Crippen LogP) is 3.70. The largest absolute Gasteiger partial charge is 0.489 e. The number of carboxylic acid groups (broad SMARTS) is 1. The van der Waals surface area contributed by atoms with E-state index in [1.165, 1.54) is 12.4 Å². The Kier molecular flexibility index (Phi) is 5.21. The smallest absolute Gasteiger partial charge is 0.321 e. The molecule has 1 saturated heterocycles. The standard InChI is InChI=1S/C20H18ClFN4O3/c1-26-9-12(8-17(26)20(27)28)29-11-5-6-13-16(7-11)23-10-24-19(13)25-15-4-2-3-14(21)18(15)22/h2-7,10,12,17H,8-9H2,1H3,(H,27,28)(H,23,24,25)/t12-,17-/m0/s1. The number of carbonyl (C=O) groups is 1. The molecule has 2 atom stereocenters. The molecule has 4 rings (SSSR count). The van der Waals surface area contributed by atoms with E-state index in [1.807, 2.05) is 0 Å². The molecule has 0 spiro atoms. The third-order valence-electron chi connectivity index (χ3n) is 4.91. The molecule has 0 unspecified atom stereocenters. The number of anilines is 2. The van der Waals surface area contributed by atoms with Crippen molar-refractivity contribution in [3.8, 4) is 5.75 Å². The van der Waals surface area contributed by atoms with Gasteiger partial charge in [0.2, 0.25) is 0 Å². The molecule has 1 aromatic heterocycles. The lowest BCUT2D eigenvalue weighted by molar-refractivity contribution is -0.141. The summed E-state index contributed by atoms with van der Waals surface area (Å²) in [7, 11) is 1.77. The van der Waals surface area contributed by atoms with E-state index < -0.39 is 17.8 Å². The van der Waals surface area contributed by atoms with Crippen LogP contribution in [0.4, 0.5) is 15.9 Å². The first-order valence-corrected chi connectivity index (χ1v) is 9.35. The molecule has 29 heavy (non-hydrogen) atoms. The number of hydrogen-bond acceptors (Lipinski definition) is 6. The van der Waals surface area contributed by atoms with Gasteiger partial charge in [-0.05, 0) is 31.3 Å². The first-order valence-electron chi connectivity index (χ1n) is 8.98. The van der Waals surface area contributed by atoms with Crippen LogP contribution in [0.15, 0.2) is 42.7 Å². The Bertz CT molecular complexity index is 1080. The fourth-order valence-corrected chi connectivity index (χ4v) is 3.63. The summed E-state index contributed by atoms with van der Waals surface area (Å²) in [6.07, 6.45) is 1.56. The minimum Gasteiger partial charge on any atom is -0.489 e. The number of nitrogens with one attached hydrogen (secondary N) is 1. The van der Waals surface area contributed by atoms with E-state index in [-0.39, 0.29) is 16.8 Å². The van der Waals surface area contributed by atoms with Gasteiger partial charge < -0.3 is 15.2 Å². The molecule has 0 aliphatic carbocycles. The third kappa shape index (κ3) is 3.94. The van der Waals surface area contributed by atoms with Crippen LogP contribution in [0.1, 0.15) is 6.42 Å². The van der Waals surface area contributed by atoms with Crippen LogP contribution < -0.4 is 10.1 Å². The van der Waals surface area contributed by atoms with Crippen LogP contribution in [-0.2, 0) is 4.79 Å². The summed E-state index contributed by atoms with van der Waals surface area (Å²) in [5.41, 5.74) is 0.829. The summed E-state index contributed by atoms with van der Waals surface area (Å²) in [4.78, 5) is 21.5. The minimum atomic E-state index is -0.853. The minimum absolute atomic E-state index is 0.0187. The number of benzene rings is 2. The number of aromatic nitrogens is 2. The molecule has 0 bridgehead atoms. The zero-order valence-corrected chi connectivity index (χ0v) is 16.2. The van der Waals surface area contributed by atoms with Gasteiger partial charge in [-0.1, -0.05) is 17.7 Å². The summed E-state index contributed by atoms with van der Waals surface area (Å²) >= 11 is 5.84. The SMILES string of the molecule is CN1C[C@@H](Oc2ccc3c(Nc4cccc(Cl)c4F)ncnc3c2)C[C@H]1C(=O)O. The van der Waals surface area contributed by atoms with Crippen molar-refractivity contribution in [3.63, 3.8) is 0 Å². The highest BCUT2D eigenvalue weighted by Gasteiger charge is 2.35. The van der Waals surface area contributed by atoms with Crippen molar-refractivity contribution in [2.24, 2.45) is 0 Å². The molecule has 1 fully saturated rings. The normalized spacial score (nSPS) is 19.4. The number of ether oxygens (including phenoxy) is 1. The highest BCUT2D eigenvalue weighted by atomic mass is 35.5. The molecule has 1 aliphatic rings. The Morgan fingerprint density at radius 3 is 2.93 bits per heavy atom. The topological polar surface area (TPSA) is 87.6 Å². The van der Waals surface area contributed by atoms with Crippen molar-refractivity contribution in [1.82, 2.24) is 14.9 Å². The van der Waals surface area contributed by atoms with Crippen LogP contribution in [0, 0.1) is 5.82 Å². The van der Waals surface area contributed by atoms with Gasteiger partial charge in [0.25, 0.3) is 0 Å². The Labute approximate surface area is 171 Å². The van der Waals surface area contributed by atoms with Crippen molar-refractivity contribution < 1.29 is 19.0 Å². The second-order valence-electron chi connectivity index (χ2n) is 6.90. The maximum absolute atomic E-state index is 14.2. The molecule has 2 aromatic carbocycles. The van der Waals surface area contributed by atoms with E-state index in [9.17, 15) is 14.3 Å². The van der Waals surface area contributed by atoms with Crippen LogP contribution in [0.25, 0.3) is 10.9 Å². The summed E-state index contributed by atoms with van der Waals surface area (Å²) in [5, 5.41) is 12.9. The average Bonchev–Trinajstić information content (AvgIpc) is 3.06. The van der Waals surface area contributed by atoms with Gasteiger partial charge in [0.1, 0.15) is 30.0 Å². The maximum atomic E-state index is 14.2. The highest BCUT2D eigenvalue weighted by Crippen LogP contribution is 2.30. The molecule has 9 heteroatoms. The van der Waals surface area contributed by atoms with Gasteiger partial charge in [-0.3, -0.25) is 9.69 Å². The van der Waals surface area contributed by atoms with Crippen molar-refractivity contribution in [2.45, 2.75) is 18.6 Å². The van der Waals surface area contributed by atoms with Crippen molar-refractivity contribution >= 4 is 40.0 Å². The maximum Gasteiger partial charge on any atom is 0.321 e. The highest BCUT2D eigenvalue weighted by molar-refractivity contribution is 6.31. The van der Waals surface area contributed by atoms with E-state index in [1.54, 1.807) is 42.3 Å². The van der Waals surface area contributed by atoms with Gasteiger partial charge in [-0.15, -0.1) is 0 Å². The summed E-state index contributed by atoms with van der Waals surface area (Å²) < 4.78 is 20.2. The first-order chi connectivity index (χ1) is 13.9. The molecule has 2 heterocycles. The van der Waals surface area contributed by atoms with E-state index in [4.69, 9.17) is 16.3 Å². The summed E-state index contributed by atoms with van der Waals surface area (Å²) in [6, 6.07) is 9.44. The Morgan fingerprint density at radius 2 is 2.17 bits per heavy atom. The lowest BCUT2D eigenvalue weighted by Crippen LogP contribution is -2.32. The Morgan fingerprint density at radius 1 is 1.34 bits per heavy atom. The van der Waals surface area contributed by atoms with Gasteiger partial charge in [0, 0.05) is 24.4 Å². The fourth-order valence-electron chi connectivity index (χ4n) is 3.46. The zero-order chi connectivity index (χ0) is 20.5. The summed E-state index contributed by atoms with van der Waals surface area (Å²) in [5.74, 6) is -0.386. The molecular formula is C20H18ClFN4O3. The number of fused-ring (bicyclic) bond motifs is 1. The van der Waals surface area contributed by atoms with Crippen LogP contribution in [0.2, 0.25) is 5.02 Å². The van der Waals surface area contributed by atoms with E-state index in [0.29, 0.717) is 35.4 Å². The van der Waals surface area contributed by atoms with Gasteiger partial charge in [-0.25, -0.2) is 14.4 Å². The molecule has 0 radical (unpaired) electrons. The molecule has 1 aliphatic heterocycles. The fraction of sp³-hybridized carbons (Fsp3) is 0.250. The molecule has 2 N–H and O–H groups in total. The number of hydrogen-bond donors (Lipinski definition) is 2. The van der Waals surface area contributed by atoms with E-state index in [2.05, 4.69) is 15.3 Å². The van der Waals surface area contributed by atoms with Crippen LogP contribution in [0.3, 0.4) is 0 Å². The van der Waals surface area contributed by atoms with Crippen molar-refractivity contribution in [2.75, 3.05) is 18.9 Å². The average molecular weight is 417 g/mol. The molecule has 0 amide bonds. The second kappa shape index (κ2) is 7.81. The number of likely N-dealkylation sites (tertiary alicyclic amines) is 1. The third-order valence-corrected chi connectivity index (χ3v) is 5.20. The van der Waals surface area contributed by atoms with Gasteiger partial charge in [-0.2, -0.15) is 0 Å². The molecule has 150 valence electrons. The van der Waals surface area contributed by atoms with Crippen molar-refractivity contribution in [1.29, 1.82) is 0 Å². The summed E-state index contributed by atoms with van der Waals surface area (Å²) in [6.45, 7) is 0.527. The zero-order valence-electron chi connectivity index (χ0n) is 15.5. The second-order valence-corrected chi connectivity index (χ2v) is 7.30. The lowest BCUT2D eigenvalue weighted by Gasteiger charge is -2.15. The molecular weight excluding hydrogens is 399 g/mol. The number of aliphatic carboxylic acids is 1. The van der Waals surface area contributed by atoms with Crippen LogP contribution in [0.5, 0.6) is 5.75 Å². The van der Waals surface area contributed by atoms with E-state index in [0.717, 1.165) is 0 Å². The monoisotopic (exact) mass is 416 g/mol. The quantitative estimate of drug-likeness (QED) is 0.655. The lowest BCUT2D eigenvalue weighted by atomic mass is 10.2. The molecule has 7 nitrogen and oxygen atoms in total. The first kappa shape index (κ1) is 19.4. The molecule has 3 aromatic rings. The predicted molar refractivity (Wildman–Crippen MR) is 107 cm³/mol. The van der Waals surface area contributed by atoms with Crippen LogP contribution in [-0.4, -0.2) is 51.7 Å². The number of likely N-dealkylation sites (N-methyl/N-ethyl adjacent to an activating group) is 1. The Hall–Kier alpha value is -2.97. The molecule has 0 saturated carbocycles. The Balaban J connectivity index is 1.56. The van der Waals surface area contributed by atoms with Gasteiger partial charge in [0.15, 0.2) is 5.82 Å². The van der Waals surface area contributed by atoms with Gasteiger partial charge in [0.05, 0.1) is 16.2 Å². The van der Waals surface area contributed by atoms with Crippen LogP contribution >= 0.6 is 11.6 Å². The van der Waals surface area contributed by atoms with E-state index >= 15 is 0 Å². The number of halogens is 2. The number of carboxylic acids is 1. The van der Waals surface area contributed by atoms with Crippen molar-refractivity contribution in [3.05, 3.63) is 53.6 Å². The number of nitrogens with zero attached hydrogens (tertiary/aromatic N) is 3.